The van der Waals surface area contributed by atoms with E-state index in [0.717, 1.165) is 22.5 Å². The molecule has 1 aromatic carbocycles. The van der Waals surface area contributed by atoms with Gasteiger partial charge >= 0.3 is 0 Å². The normalized spacial score (nSPS) is 11.6. The number of benzene rings is 1. The molecule has 174 valence electrons. The van der Waals surface area contributed by atoms with Gasteiger partial charge in [-0.1, -0.05) is 84.0 Å². The first kappa shape index (κ1) is 26.8. The Morgan fingerprint density at radius 3 is 1.57 bits per heavy atom. The molecule has 0 radical (unpaired) electrons. The Bertz CT molecular complexity index is 542. The third-order valence-electron chi connectivity index (χ3n) is 6.18. The molecule has 1 rings (SSSR count). The number of methoxy groups -OCH3 is 2. The van der Waals surface area contributed by atoms with Crippen LogP contribution in [-0.2, 0) is 6.54 Å². The molecule has 1 aromatic rings. The van der Waals surface area contributed by atoms with Crippen LogP contribution in [0.2, 0.25) is 0 Å². The number of quaternary nitrogens is 1. The summed E-state index contributed by atoms with van der Waals surface area (Å²) < 4.78 is 11.8. The predicted molar refractivity (Wildman–Crippen MR) is 131 cm³/mol. The second-order valence-electron chi connectivity index (χ2n) is 9.60. The largest absolute Gasteiger partial charge is 0.493 e. The lowest BCUT2D eigenvalue weighted by atomic mass is 10.0. The molecule has 0 spiro atoms. The summed E-state index contributed by atoms with van der Waals surface area (Å²) in [5, 5.41) is 0. The van der Waals surface area contributed by atoms with Crippen LogP contribution in [0.5, 0.6) is 11.5 Å². The topological polar surface area (TPSA) is 18.5 Å². The summed E-state index contributed by atoms with van der Waals surface area (Å²) in [6, 6.07) is 6.29. The van der Waals surface area contributed by atoms with Crippen LogP contribution in [-0.4, -0.2) is 39.3 Å². The molecule has 0 aliphatic rings. The second kappa shape index (κ2) is 16.5. The fourth-order valence-electron chi connectivity index (χ4n) is 4.29. The number of nitrogens with zero attached hydrogens (tertiary/aromatic N) is 1. The number of unbranched alkanes of at least 4 members (excludes halogenated alkanes) is 13. The van der Waals surface area contributed by atoms with Crippen molar-refractivity contribution < 1.29 is 14.0 Å². The zero-order chi connectivity index (χ0) is 22.1. The van der Waals surface area contributed by atoms with Gasteiger partial charge in [-0.25, -0.2) is 0 Å². The lowest BCUT2D eigenvalue weighted by molar-refractivity contribution is -0.903. The smallest absolute Gasteiger partial charge is 0.161 e. The highest BCUT2D eigenvalue weighted by Gasteiger charge is 2.17. The summed E-state index contributed by atoms with van der Waals surface area (Å²) in [7, 11) is 8.06. The van der Waals surface area contributed by atoms with Gasteiger partial charge in [-0.2, -0.15) is 0 Å². The van der Waals surface area contributed by atoms with Crippen LogP contribution in [0.1, 0.15) is 102 Å². The van der Waals surface area contributed by atoms with Crippen molar-refractivity contribution >= 4 is 0 Å². The molecule has 0 amide bonds. The Kier molecular flexibility index (Phi) is 14.7. The first-order valence-electron chi connectivity index (χ1n) is 12.6. The molecule has 0 heterocycles. The van der Waals surface area contributed by atoms with Crippen LogP contribution < -0.4 is 9.47 Å². The van der Waals surface area contributed by atoms with Crippen molar-refractivity contribution in [1.82, 2.24) is 0 Å². The van der Waals surface area contributed by atoms with Crippen molar-refractivity contribution in [3.63, 3.8) is 0 Å². The predicted octanol–water partition coefficient (Wildman–Crippen LogP) is 7.76. The van der Waals surface area contributed by atoms with E-state index in [0.29, 0.717) is 0 Å². The highest BCUT2D eigenvalue weighted by atomic mass is 16.5. The first-order chi connectivity index (χ1) is 14.5. The summed E-state index contributed by atoms with van der Waals surface area (Å²) in [5.41, 5.74) is 1.31. The minimum atomic E-state index is 0.804. The molecule has 0 fully saturated rings. The Hall–Kier alpha value is -1.22. The average Bonchev–Trinajstić information content (AvgIpc) is 2.73. The van der Waals surface area contributed by atoms with Gasteiger partial charge in [0.25, 0.3) is 0 Å². The lowest BCUT2D eigenvalue weighted by Gasteiger charge is -2.30. The number of hydrogen-bond donors (Lipinski definition) is 0. The van der Waals surface area contributed by atoms with Gasteiger partial charge < -0.3 is 14.0 Å². The zero-order valence-corrected chi connectivity index (χ0v) is 20.8. The summed E-state index contributed by atoms with van der Waals surface area (Å²) >= 11 is 0. The molecular weight excluding hydrogens is 370 g/mol. The third-order valence-corrected chi connectivity index (χ3v) is 6.18. The van der Waals surface area contributed by atoms with Crippen LogP contribution in [0.3, 0.4) is 0 Å². The van der Waals surface area contributed by atoms with Gasteiger partial charge in [-0.15, -0.1) is 0 Å². The molecule has 30 heavy (non-hydrogen) atoms. The van der Waals surface area contributed by atoms with Crippen molar-refractivity contribution in [2.45, 2.75) is 103 Å². The molecule has 0 saturated carbocycles. The van der Waals surface area contributed by atoms with Gasteiger partial charge in [-0.05, 0) is 31.0 Å². The van der Waals surface area contributed by atoms with Crippen LogP contribution in [0, 0.1) is 0 Å². The fourth-order valence-corrected chi connectivity index (χ4v) is 4.29. The van der Waals surface area contributed by atoms with Crippen LogP contribution in [0.4, 0.5) is 0 Å². The Morgan fingerprint density at radius 1 is 0.633 bits per heavy atom. The summed E-state index contributed by atoms with van der Waals surface area (Å²) in [4.78, 5) is 0. The van der Waals surface area contributed by atoms with Crippen molar-refractivity contribution in [1.29, 1.82) is 0 Å². The van der Waals surface area contributed by atoms with Crippen molar-refractivity contribution in [3.8, 4) is 11.5 Å². The average molecular weight is 421 g/mol. The second-order valence-corrected chi connectivity index (χ2v) is 9.60. The van der Waals surface area contributed by atoms with E-state index >= 15 is 0 Å². The molecule has 0 unspecified atom stereocenters. The number of rotatable bonds is 19. The van der Waals surface area contributed by atoms with Crippen LogP contribution >= 0.6 is 0 Å². The van der Waals surface area contributed by atoms with Crippen molar-refractivity contribution in [2.24, 2.45) is 0 Å². The van der Waals surface area contributed by atoms with Gasteiger partial charge in [0.15, 0.2) is 11.5 Å². The Labute approximate surface area is 187 Å². The van der Waals surface area contributed by atoms with Gasteiger partial charge in [-0.3, -0.25) is 0 Å². The number of ether oxygens (including phenoxy) is 2. The maximum Gasteiger partial charge on any atom is 0.161 e. The molecule has 0 aliphatic carbocycles. The lowest BCUT2D eigenvalue weighted by Crippen LogP contribution is -2.39. The minimum absolute atomic E-state index is 0.804. The minimum Gasteiger partial charge on any atom is -0.493 e. The Morgan fingerprint density at radius 2 is 1.10 bits per heavy atom. The van der Waals surface area contributed by atoms with Gasteiger partial charge in [0.05, 0.1) is 34.9 Å². The molecule has 0 bridgehead atoms. The molecule has 0 atom stereocenters. The fraction of sp³-hybridized carbons (Fsp3) is 0.778. The monoisotopic (exact) mass is 420 g/mol. The summed E-state index contributed by atoms with van der Waals surface area (Å²) in [5.74, 6) is 1.63. The van der Waals surface area contributed by atoms with E-state index < -0.39 is 0 Å². The van der Waals surface area contributed by atoms with E-state index in [1.54, 1.807) is 14.2 Å². The maximum absolute atomic E-state index is 5.45. The van der Waals surface area contributed by atoms with Crippen molar-refractivity contribution in [2.75, 3.05) is 34.9 Å². The van der Waals surface area contributed by atoms with Crippen molar-refractivity contribution in [3.05, 3.63) is 23.8 Å². The standard InChI is InChI=1S/C27H50NO2/c1-6-7-8-9-10-11-12-13-14-15-16-17-18-19-22-28(2,3)24-25-20-21-26(29-4)27(23-25)30-5/h20-21,23H,6-19,22,24H2,1-5H3/q+1. The summed E-state index contributed by atoms with van der Waals surface area (Å²) in [6.07, 6.45) is 19.9. The molecule has 3 heteroatoms. The highest BCUT2D eigenvalue weighted by Crippen LogP contribution is 2.28. The molecule has 3 nitrogen and oxygen atoms in total. The van der Waals surface area contributed by atoms with E-state index in [9.17, 15) is 0 Å². The zero-order valence-electron chi connectivity index (χ0n) is 20.8. The summed E-state index contributed by atoms with van der Waals surface area (Å²) in [6.45, 7) is 4.55. The molecular formula is C27H50NO2+. The van der Waals surface area contributed by atoms with E-state index in [-0.39, 0.29) is 0 Å². The van der Waals surface area contributed by atoms with E-state index in [1.165, 1.54) is 102 Å². The molecule has 0 aromatic heterocycles. The quantitative estimate of drug-likeness (QED) is 0.168. The molecule has 0 N–H and O–H groups in total. The van der Waals surface area contributed by atoms with E-state index in [1.807, 2.05) is 6.07 Å². The van der Waals surface area contributed by atoms with Gasteiger partial charge in [0.1, 0.15) is 6.54 Å². The third kappa shape index (κ3) is 12.5. The Balaban J connectivity index is 2.05. The first-order valence-corrected chi connectivity index (χ1v) is 12.6. The van der Waals surface area contributed by atoms with Crippen LogP contribution in [0.15, 0.2) is 18.2 Å². The van der Waals surface area contributed by atoms with Crippen LogP contribution in [0.25, 0.3) is 0 Å². The van der Waals surface area contributed by atoms with Gasteiger partial charge in [0.2, 0.25) is 0 Å². The molecule has 0 saturated heterocycles. The molecule has 0 aliphatic heterocycles. The van der Waals surface area contributed by atoms with E-state index in [2.05, 4.69) is 33.2 Å². The SMILES string of the molecule is CCCCCCCCCCCCCCCC[N+](C)(C)Cc1ccc(OC)c(OC)c1. The highest BCUT2D eigenvalue weighted by molar-refractivity contribution is 5.42. The van der Waals surface area contributed by atoms with Gasteiger partial charge in [0, 0.05) is 5.56 Å². The number of hydrogen-bond acceptors (Lipinski definition) is 2. The maximum atomic E-state index is 5.45. The van der Waals surface area contributed by atoms with E-state index in [4.69, 9.17) is 9.47 Å².